The van der Waals surface area contributed by atoms with E-state index in [0.717, 1.165) is 6.42 Å². The summed E-state index contributed by atoms with van der Waals surface area (Å²) in [4.78, 5) is 9.83. The van der Waals surface area contributed by atoms with Crippen LogP contribution in [0.4, 0.5) is 4.39 Å². The molecule has 0 heterocycles. The van der Waals surface area contributed by atoms with Gasteiger partial charge in [-0.25, -0.2) is 9.18 Å². The quantitative estimate of drug-likeness (QED) is 0.634. The minimum Gasteiger partial charge on any atom is -0.479 e. The lowest BCUT2D eigenvalue weighted by Gasteiger charge is -1.98. The van der Waals surface area contributed by atoms with E-state index in [4.69, 9.17) is 5.11 Å². The number of unbranched alkanes of at least 4 members (excludes halogenated alkanes) is 1. The van der Waals surface area contributed by atoms with Gasteiger partial charge in [-0.1, -0.05) is 19.8 Å². The van der Waals surface area contributed by atoms with E-state index in [2.05, 4.69) is 0 Å². The summed E-state index contributed by atoms with van der Waals surface area (Å²) in [5.74, 6) is -1.34. The number of carbonyl (C=O) groups is 1. The topological polar surface area (TPSA) is 37.3 Å². The number of aliphatic carboxylic acids is 1. The zero-order chi connectivity index (χ0) is 7.28. The second-order valence-corrected chi connectivity index (χ2v) is 1.95. The van der Waals surface area contributed by atoms with Crippen molar-refractivity contribution in [1.82, 2.24) is 0 Å². The SMILES string of the molecule is CCCCC(F)C(=O)O. The fraction of sp³-hybridized carbons (Fsp3) is 0.833. The number of hydrogen-bond donors (Lipinski definition) is 1. The molecule has 0 aliphatic heterocycles. The molecule has 0 bridgehead atoms. The summed E-state index contributed by atoms with van der Waals surface area (Å²) in [5, 5.41) is 8.03. The highest BCUT2D eigenvalue weighted by molar-refractivity contribution is 5.71. The van der Waals surface area contributed by atoms with Crippen LogP contribution in [0.15, 0.2) is 0 Å². The fourth-order valence-corrected chi connectivity index (χ4v) is 0.507. The monoisotopic (exact) mass is 134 g/mol. The normalized spacial score (nSPS) is 13.1. The average molecular weight is 134 g/mol. The van der Waals surface area contributed by atoms with E-state index in [1.165, 1.54) is 0 Å². The zero-order valence-electron chi connectivity index (χ0n) is 5.43. The van der Waals surface area contributed by atoms with E-state index >= 15 is 0 Å². The first kappa shape index (κ1) is 8.40. The summed E-state index contributed by atoms with van der Waals surface area (Å²) in [7, 11) is 0. The Hall–Kier alpha value is -0.600. The molecule has 0 saturated heterocycles. The van der Waals surface area contributed by atoms with Crippen molar-refractivity contribution in [3.63, 3.8) is 0 Å². The highest BCUT2D eigenvalue weighted by atomic mass is 19.1. The van der Waals surface area contributed by atoms with Gasteiger partial charge >= 0.3 is 5.97 Å². The van der Waals surface area contributed by atoms with Crippen LogP contribution in [0.3, 0.4) is 0 Å². The van der Waals surface area contributed by atoms with Crippen molar-refractivity contribution in [1.29, 1.82) is 0 Å². The van der Waals surface area contributed by atoms with Crippen LogP contribution in [0.25, 0.3) is 0 Å². The average Bonchev–Trinajstić information content (AvgIpc) is 1.82. The van der Waals surface area contributed by atoms with Crippen molar-refractivity contribution in [3.05, 3.63) is 0 Å². The number of rotatable bonds is 4. The third-order valence-electron chi connectivity index (χ3n) is 1.08. The van der Waals surface area contributed by atoms with Crippen LogP contribution in [0, 0.1) is 0 Å². The second kappa shape index (κ2) is 4.30. The van der Waals surface area contributed by atoms with Crippen molar-refractivity contribution < 1.29 is 14.3 Å². The molecule has 0 aromatic rings. The summed E-state index contributed by atoms with van der Waals surface area (Å²) < 4.78 is 12.1. The lowest BCUT2D eigenvalue weighted by Crippen LogP contribution is -2.13. The highest BCUT2D eigenvalue weighted by Gasteiger charge is 2.13. The van der Waals surface area contributed by atoms with Gasteiger partial charge < -0.3 is 5.11 Å². The van der Waals surface area contributed by atoms with Gasteiger partial charge in [-0.3, -0.25) is 0 Å². The molecule has 0 amide bonds. The highest BCUT2D eigenvalue weighted by Crippen LogP contribution is 2.03. The van der Waals surface area contributed by atoms with Gasteiger partial charge in [0.1, 0.15) is 0 Å². The minimum atomic E-state index is -1.66. The molecule has 3 heteroatoms. The standard InChI is InChI=1S/C6H11FO2/c1-2-3-4-5(7)6(8)9/h5H,2-4H2,1H3,(H,8,9). The molecule has 0 saturated carbocycles. The van der Waals surface area contributed by atoms with Crippen LogP contribution in [0.5, 0.6) is 0 Å². The molecular weight excluding hydrogens is 123 g/mol. The van der Waals surface area contributed by atoms with E-state index in [-0.39, 0.29) is 6.42 Å². The Bertz CT molecular complexity index is 93.1. The lowest BCUT2D eigenvalue weighted by molar-refractivity contribution is -0.143. The first-order valence-corrected chi connectivity index (χ1v) is 3.05. The molecule has 0 aromatic heterocycles. The van der Waals surface area contributed by atoms with Crippen LogP contribution < -0.4 is 0 Å². The molecule has 9 heavy (non-hydrogen) atoms. The van der Waals surface area contributed by atoms with Crippen molar-refractivity contribution in [3.8, 4) is 0 Å². The van der Waals surface area contributed by atoms with E-state index < -0.39 is 12.1 Å². The third kappa shape index (κ3) is 3.94. The summed E-state index contributed by atoms with van der Waals surface area (Å²) >= 11 is 0. The predicted octanol–water partition coefficient (Wildman–Crippen LogP) is 1.60. The summed E-state index contributed by atoms with van der Waals surface area (Å²) in [6, 6.07) is 0. The number of halogens is 1. The van der Waals surface area contributed by atoms with E-state index in [9.17, 15) is 9.18 Å². The molecule has 1 atom stereocenters. The molecule has 0 fully saturated rings. The van der Waals surface area contributed by atoms with Gasteiger partial charge in [0.05, 0.1) is 0 Å². The fourth-order valence-electron chi connectivity index (χ4n) is 0.507. The molecule has 0 spiro atoms. The van der Waals surface area contributed by atoms with Gasteiger partial charge in [-0.15, -0.1) is 0 Å². The van der Waals surface area contributed by atoms with Crippen LogP contribution in [0.1, 0.15) is 26.2 Å². The predicted molar refractivity (Wildman–Crippen MR) is 32.1 cm³/mol. The first-order valence-electron chi connectivity index (χ1n) is 3.05. The van der Waals surface area contributed by atoms with Crippen molar-refractivity contribution >= 4 is 5.97 Å². The van der Waals surface area contributed by atoms with Crippen molar-refractivity contribution in [2.24, 2.45) is 0 Å². The molecule has 0 aromatic carbocycles. The number of carboxylic acid groups (broad SMARTS) is 1. The Morgan fingerprint density at radius 3 is 2.67 bits per heavy atom. The van der Waals surface area contributed by atoms with Crippen LogP contribution in [0.2, 0.25) is 0 Å². The van der Waals surface area contributed by atoms with E-state index in [0.29, 0.717) is 6.42 Å². The van der Waals surface area contributed by atoms with Crippen LogP contribution in [-0.4, -0.2) is 17.2 Å². The van der Waals surface area contributed by atoms with Gasteiger partial charge in [0.25, 0.3) is 0 Å². The largest absolute Gasteiger partial charge is 0.479 e. The summed E-state index contributed by atoms with van der Waals surface area (Å²) in [6.07, 6.45) is -0.0301. The smallest absolute Gasteiger partial charge is 0.338 e. The first-order chi connectivity index (χ1) is 4.18. The molecule has 0 radical (unpaired) electrons. The zero-order valence-corrected chi connectivity index (χ0v) is 5.43. The van der Waals surface area contributed by atoms with Gasteiger partial charge in [-0.2, -0.15) is 0 Å². The Kier molecular flexibility index (Phi) is 4.01. The molecular formula is C6H11FO2. The Balaban J connectivity index is 3.27. The van der Waals surface area contributed by atoms with Gasteiger partial charge in [0.15, 0.2) is 6.17 Å². The van der Waals surface area contributed by atoms with Crippen molar-refractivity contribution in [2.75, 3.05) is 0 Å². The molecule has 1 N–H and O–H groups in total. The maximum absolute atomic E-state index is 12.1. The molecule has 0 rings (SSSR count). The number of hydrogen-bond acceptors (Lipinski definition) is 1. The molecule has 2 nitrogen and oxygen atoms in total. The maximum Gasteiger partial charge on any atom is 0.338 e. The minimum absolute atomic E-state index is 0.145. The molecule has 0 aliphatic carbocycles. The summed E-state index contributed by atoms with van der Waals surface area (Å²) in [5.41, 5.74) is 0. The van der Waals surface area contributed by atoms with E-state index in [1.54, 1.807) is 0 Å². The van der Waals surface area contributed by atoms with Crippen LogP contribution >= 0.6 is 0 Å². The van der Waals surface area contributed by atoms with Crippen molar-refractivity contribution in [2.45, 2.75) is 32.4 Å². The summed E-state index contributed by atoms with van der Waals surface area (Å²) in [6.45, 7) is 1.90. The second-order valence-electron chi connectivity index (χ2n) is 1.95. The Labute approximate surface area is 53.7 Å². The van der Waals surface area contributed by atoms with Gasteiger partial charge in [0.2, 0.25) is 0 Å². The Morgan fingerprint density at radius 1 is 1.78 bits per heavy atom. The third-order valence-corrected chi connectivity index (χ3v) is 1.08. The number of alkyl halides is 1. The maximum atomic E-state index is 12.1. The molecule has 0 aliphatic rings. The van der Waals surface area contributed by atoms with E-state index in [1.807, 2.05) is 6.92 Å². The number of carboxylic acids is 1. The van der Waals surface area contributed by atoms with Gasteiger partial charge in [-0.05, 0) is 6.42 Å². The van der Waals surface area contributed by atoms with Gasteiger partial charge in [0, 0.05) is 0 Å². The molecule has 54 valence electrons. The molecule has 1 unspecified atom stereocenters. The Morgan fingerprint density at radius 2 is 2.33 bits per heavy atom. The van der Waals surface area contributed by atoms with Crippen LogP contribution in [-0.2, 0) is 4.79 Å². The lowest BCUT2D eigenvalue weighted by atomic mass is 10.2.